The average molecular weight is 857 g/mol. The first-order chi connectivity index (χ1) is 33.2. The Morgan fingerprint density at radius 1 is 0.343 bits per heavy atom. The maximum absolute atomic E-state index is 5.35. The third-order valence-electron chi connectivity index (χ3n) is 12.9. The van der Waals surface area contributed by atoms with Crippen LogP contribution in [0.1, 0.15) is 33.9 Å². The van der Waals surface area contributed by atoms with E-state index in [9.17, 15) is 0 Å². The minimum atomic E-state index is -0.0538. The van der Waals surface area contributed by atoms with Gasteiger partial charge in [-0.1, -0.05) is 224 Å². The fourth-order valence-electron chi connectivity index (χ4n) is 9.63. The van der Waals surface area contributed by atoms with Crippen LogP contribution in [0.2, 0.25) is 0 Å². The van der Waals surface area contributed by atoms with Crippen molar-refractivity contribution >= 4 is 23.0 Å². The summed E-state index contributed by atoms with van der Waals surface area (Å²) >= 11 is 0. The van der Waals surface area contributed by atoms with E-state index in [1.807, 2.05) is 6.07 Å². The summed E-state index contributed by atoms with van der Waals surface area (Å²) in [7, 11) is 0. The molecule has 2 aliphatic heterocycles. The zero-order valence-corrected chi connectivity index (χ0v) is 36.7. The normalized spacial score (nSPS) is 14.1. The molecule has 0 bridgehead atoms. The second kappa shape index (κ2) is 17.4. The quantitative estimate of drug-likeness (QED) is 0.157. The zero-order valence-electron chi connectivity index (χ0n) is 36.7. The molecule has 4 nitrogen and oxygen atoms in total. The minimum Gasteiger partial charge on any atom is -0.274 e. The Hall–Kier alpha value is -8.70. The van der Waals surface area contributed by atoms with Gasteiger partial charge in [0.2, 0.25) is 0 Å². The second-order valence-electron chi connectivity index (χ2n) is 17.0. The van der Waals surface area contributed by atoms with Gasteiger partial charge in [-0.2, -0.15) is 0 Å². The van der Waals surface area contributed by atoms with Crippen LogP contribution in [0.3, 0.4) is 0 Å². The number of nitrogens with zero attached hydrogens (tertiary/aromatic N) is 3. The molecular formula is C63H44N4. The lowest BCUT2D eigenvalue weighted by atomic mass is 9.85. The van der Waals surface area contributed by atoms with Crippen molar-refractivity contribution in [3.63, 3.8) is 0 Å². The van der Waals surface area contributed by atoms with Gasteiger partial charge in [-0.15, -0.1) is 0 Å². The van der Waals surface area contributed by atoms with Crippen LogP contribution < -0.4 is 5.43 Å². The van der Waals surface area contributed by atoms with Gasteiger partial charge in [0.15, 0.2) is 5.82 Å². The van der Waals surface area contributed by atoms with E-state index in [-0.39, 0.29) is 6.04 Å². The van der Waals surface area contributed by atoms with Crippen LogP contribution in [0.25, 0.3) is 90.3 Å². The lowest BCUT2D eigenvalue weighted by Gasteiger charge is -2.32. The number of fused-ring (bicyclic) bond motifs is 3. The van der Waals surface area contributed by atoms with Crippen molar-refractivity contribution in [1.29, 1.82) is 0 Å². The summed E-state index contributed by atoms with van der Waals surface area (Å²) in [6, 6.07) is 88.2. The molecule has 0 fully saturated rings. The van der Waals surface area contributed by atoms with Crippen LogP contribution >= 0.6 is 0 Å². The van der Waals surface area contributed by atoms with Crippen LogP contribution in [-0.2, 0) is 0 Å². The van der Waals surface area contributed by atoms with Gasteiger partial charge in [-0.25, -0.2) is 15.4 Å². The lowest BCUT2D eigenvalue weighted by molar-refractivity contribution is 0.405. The van der Waals surface area contributed by atoms with Crippen LogP contribution in [-0.4, -0.2) is 15.0 Å². The number of nitrogens with one attached hydrogen (secondary N) is 1. The molecule has 0 saturated carbocycles. The smallest absolute Gasteiger partial charge is 0.160 e. The van der Waals surface area contributed by atoms with E-state index in [2.05, 4.69) is 259 Å². The predicted octanol–water partition coefficient (Wildman–Crippen LogP) is 15.4. The Morgan fingerprint density at radius 3 is 1.39 bits per heavy atom. The van der Waals surface area contributed by atoms with Crippen LogP contribution in [0.4, 0.5) is 0 Å². The van der Waals surface area contributed by atoms with Crippen molar-refractivity contribution in [1.82, 2.24) is 20.4 Å². The molecule has 1 N–H and O–H groups in total. The molecule has 4 heteroatoms. The minimum absolute atomic E-state index is 0.0538. The predicted molar refractivity (Wildman–Crippen MR) is 276 cm³/mol. The average Bonchev–Trinajstić information content (AvgIpc) is 3.83. The van der Waals surface area contributed by atoms with Crippen molar-refractivity contribution in [3.8, 4) is 67.3 Å². The molecule has 9 aromatic carbocycles. The Balaban J connectivity index is 0.996. The number of rotatable bonds is 9. The third-order valence-corrected chi connectivity index (χ3v) is 12.9. The summed E-state index contributed by atoms with van der Waals surface area (Å²) in [5.41, 5.74) is 25.0. The van der Waals surface area contributed by atoms with Gasteiger partial charge in [-0.3, -0.25) is 5.01 Å². The summed E-state index contributed by atoms with van der Waals surface area (Å²) in [6.45, 7) is 0. The fraction of sp³-hybridized carbons (Fsp3) is 0.0159. The first-order valence-corrected chi connectivity index (χ1v) is 22.8. The number of hydrazine groups is 1. The van der Waals surface area contributed by atoms with Crippen molar-refractivity contribution in [2.45, 2.75) is 6.04 Å². The van der Waals surface area contributed by atoms with E-state index in [0.717, 1.165) is 72.7 Å². The molecule has 0 spiro atoms. The maximum atomic E-state index is 5.35. The fourth-order valence-corrected chi connectivity index (χ4v) is 9.63. The molecule has 0 aliphatic carbocycles. The van der Waals surface area contributed by atoms with E-state index in [1.165, 1.54) is 33.5 Å². The summed E-state index contributed by atoms with van der Waals surface area (Å²) < 4.78 is 0. The highest BCUT2D eigenvalue weighted by molar-refractivity contribution is 6.06. The van der Waals surface area contributed by atoms with Gasteiger partial charge in [0.25, 0.3) is 0 Å². The number of benzene rings is 9. The highest BCUT2D eigenvalue weighted by Gasteiger charge is 2.39. The second-order valence-corrected chi connectivity index (χ2v) is 17.0. The van der Waals surface area contributed by atoms with E-state index in [0.29, 0.717) is 5.82 Å². The first-order valence-electron chi connectivity index (χ1n) is 22.8. The van der Waals surface area contributed by atoms with Crippen molar-refractivity contribution in [2.75, 3.05) is 0 Å². The van der Waals surface area contributed by atoms with E-state index in [1.54, 1.807) is 0 Å². The van der Waals surface area contributed by atoms with Crippen molar-refractivity contribution in [2.24, 2.45) is 0 Å². The van der Waals surface area contributed by atoms with Crippen molar-refractivity contribution in [3.05, 3.63) is 277 Å². The highest BCUT2D eigenvalue weighted by atomic mass is 15.6. The van der Waals surface area contributed by atoms with Crippen LogP contribution in [0.5, 0.6) is 0 Å². The standard InChI is InChI=1S/C63H44N4/c1-7-20-43(21-8-1)51-38-52(44-22-9-2-10-23-44)40-53(39-51)58-42-57(46-24-11-3-12-25-46)64-63(65-58)50-36-34-45(35-37-50)54-32-19-33-55-56(54)41-59(47-26-13-4-14-27-47)67-62(55)60(48-28-15-5-16-29-48)61(66-67)49-30-17-6-18-31-49/h1-42,61,66H. The molecule has 0 saturated heterocycles. The highest BCUT2D eigenvalue weighted by Crippen LogP contribution is 2.51. The summed E-state index contributed by atoms with van der Waals surface area (Å²) in [4.78, 5) is 10.6. The number of hydrogen-bond acceptors (Lipinski definition) is 4. The molecule has 12 rings (SSSR count). The lowest BCUT2D eigenvalue weighted by Crippen LogP contribution is -2.33. The Kier molecular flexibility index (Phi) is 10.3. The maximum Gasteiger partial charge on any atom is 0.160 e. The summed E-state index contributed by atoms with van der Waals surface area (Å²) in [5.74, 6) is 0.674. The molecule has 1 unspecified atom stereocenters. The zero-order chi connectivity index (χ0) is 44.5. The molecule has 2 aliphatic rings. The van der Waals surface area contributed by atoms with Crippen molar-refractivity contribution < 1.29 is 0 Å². The Labute approximate surface area is 391 Å². The monoisotopic (exact) mass is 856 g/mol. The first kappa shape index (κ1) is 39.9. The van der Waals surface area contributed by atoms with E-state index >= 15 is 0 Å². The topological polar surface area (TPSA) is 41.0 Å². The van der Waals surface area contributed by atoms with Gasteiger partial charge < -0.3 is 0 Å². The molecule has 10 aromatic rings. The molecule has 1 atom stereocenters. The van der Waals surface area contributed by atoms with Gasteiger partial charge in [0.1, 0.15) is 0 Å². The molecule has 0 amide bonds. The van der Waals surface area contributed by atoms with Gasteiger partial charge in [0, 0.05) is 27.8 Å². The Morgan fingerprint density at radius 2 is 0.806 bits per heavy atom. The Bertz CT molecular complexity index is 3380. The van der Waals surface area contributed by atoms with E-state index in [4.69, 9.17) is 9.97 Å². The number of aromatic nitrogens is 2. The van der Waals surface area contributed by atoms with Crippen LogP contribution in [0.15, 0.2) is 249 Å². The summed E-state index contributed by atoms with van der Waals surface area (Å²) in [6.07, 6.45) is 2.35. The molecule has 67 heavy (non-hydrogen) atoms. The molecule has 316 valence electrons. The third kappa shape index (κ3) is 7.65. The molecular weight excluding hydrogens is 813 g/mol. The van der Waals surface area contributed by atoms with Gasteiger partial charge in [0.05, 0.1) is 28.8 Å². The number of hydrogen-bond donors (Lipinski definition) is 1. The SMILES string of the molecule is C1=C(c2ccccc2)N2NC(c3ccccc3)C(c3ccccc3)=C2c2cccc(-c3ccc(-c4nc(-c5ccccc5)cc(-c5cc(-c6ccccc6)cc(-c6ccccc6)c5)n4)cc3)c21. The van der Waals surface area contributed by atoms with Gasteiger partial charge >= 0.3 is 0 Å². The van der Waals surface area contributed by atoms with Crippen LogP contribution in [0, 0.1) is 0 Å². The van der Waals surface area contributed by atoms with Gasteiger partial charge in [-0.05, 0) is 86.0 Å². The largest absolute Gasteiger partial charge is 0.274 e. The molecule has 3 heterocycles. The molecule has 1 aromatic heterocycles. The molecule has 0 radical (unpaired) electrons. The van der Waals surface area contributed by atoms with E-state index < -0.39 is 0 Å². The summed E-state index contributed by atoms with van der Waals surface area (Å²) in [5, 5.41) is 2.32.